The molecule has 2 saturated heterocycles. The molecule has 4 heterocycles. The first-order valence-corrected chi connectivity index (χ1v) is 9.94. The van der Waals surface area contributed by atoms with E-state index in [1.165, 1.54) is 0 Å². The van der Waals surface area contributed by atoms with Crippen molar-refractivity contribution in [2.75, 3.05) is 6.54 Å². The van der Waals surface area contributed by atoms with Crippen molar-refractivity contribution in [1.29, 1.82) is 0 Å². The van der Waals surface area contributed by atoms with Gasteiger partial charge in [-0.25, -0.2) is 9.67 Å². The highest BCUT2D eigenvalue weighted by Gasteiger charge is 2.61. The summed E-state index contributed by atoms with van der Waals surface area (Å²) in [5.74, 6) is 0.357. The topological polar surface area (TPSA) is 109 Å². The van der Waals surface area contributed by atoms with Crippen molar-refractivity contribution in [3.8, 4) is 5.82 Å². The van der Waals surface area contributed by atoms with Gasteiger partial charge in [0.05, 0.1) is 17.1 Å². The fourth-order valence-corrected chi connectivity index (χ4v) is 4.49. The third-order valence-electron chi connectivity index (χ3n) is 6.11. The minimum atomic E-state index is -0.455. The number of pyridine rings is 1. The maximum Gasteiger partial charge on any atom is 0.255 e. The highest BCUT2D eigenvalue weighted by Crippen LogP contribution is 2.48. The molecule has 2 aromatic rings. The lowest BCUT2D eigenvalue weighted by Crippen LogP contribution is -2.53. The molecular weight excluding hydrogens is 372 g/mol. The second-order valence-corrected chi connectivity index (χ2v) is 7.98. The maximum absolute atomic E-state index is 13.1. The lowest BCUT2D eigenvalue weighted by molar-refractivity contribution is -0.126. The average molecular weight is 394 g/mol. The standard InChI is InChI=1S/C20H22N6O3/c27-17-6-4-14(23-17)18(28)24-20-7-1-9-25(15(20)11-20)19(29)13-3-5-16(21-12-13)26-10-2-8-22-26/h2-3,5,8,10,12,14-15H,1,4,6-7,9,11H2,(H,23,27)(H,24,28)/t14?,15-,20-/m1/s1. The van der Waals surface area contributed by atoms with E-state index in [4.69, 9.17) is 0 Å². The number of carbonyl (C=O) groups is 3. The summed E-state index contributed by atoms with van der Waals surface area (Å²) in [7, 11) is 0. The van der Waals surface area contributed by atoms with Crippen LogP contribution in [0, 0.1) is 0 Å². The van der Waals surface area contributed by atoms with Gasteiger partial charge in [0.1, 0.15) is 6.04 Å². The van der Waals surface area contributed by atoms with Gasteiger partial charge in [-0.2, -0.15) is 5.10 Å². The number of nitrogens with one attached hydrogen (secondary N) is 2. The molecule has 1 unspecified atom stereocenters. The molecule has 5 rings (SSSR count). The molecule has 2 aliphatic heterocycles. The van der Waals surface area contributed by atoms with Gasteiger partial charge in [0, 0.05) is 31.6 Å². The molecular formula is C20H22N6O3. The number of amides is 3. The average Bonchev–Trinajstić information content (AvgIpc) is 3.08. The SMILES string of the molecule is O=C1CCC(C(=O)N[C@@]23CCCN(C(=O)c4ccc(-n5cccn5)nc4)[C@@H]2C3)N1. The van der Waals surface area contributed by atoms with Crippen LogP contribution in [0.15, 0.2) is 36.8 Å². The molecule has 0 aromatic carbocycles. The van der Waals surface area contributed by atoms with Gasteiger partial charge in [-0.05, 0) is 43.9 Å². The number of rotatable bonds is 4. The summed E-state index contributed by atoms with van der Waals surface area (Å²) in [4.78, 5) is 43.2. The summed E-state index contributed by atoms with van der Waals surface area (Å²) in [6, 6.07) is 4.89. The van der Waals surface area contributed by atoms with Gasteiger partial charge in [-0.15, -0.1) is 0 Å². The predicted octanol–water partition coefficient (Wildman–Crippen LogP) is 0.409. The Hall–Kier alpha value is -3.23. The molecule has 1 saturated carbocycles. The molecule has 3 amide bonds. The molecule has 0 radical (unpaired) electrons. The van der Waals surface area contributed by atoms with E-state index in [1.54, 1.807) is 35.4 Å². The minimum Gasteiger partial charge on any atom is -0.347 e. The second-order valence-electron chi connectivity index (χ2n) is 7.98. The molecule has 3 aliphatic rings. The van der Waals surface area contributed by atoms with Gasteiger partial charge in [0.2, 0.25) is 11.8 Å². The molecule has 3 fully saturated rings. The number of fused-ring (bicyclic) bond motifs is 1. The Balaban J connectivity index is 1.27. The lowest BCUT2D eigenvalue weighted by atomic mass is 10.0. The summed E-state index contributed by atoms with van der Waals surface area (Å²) < 4.78 is 1.64. The fraction of sp³-hybridized carbons (Fsp3) is 0.450. The molecule has 3 atom stereocenters. The third-order valence-corrected chi connectivity index (χ3v) is 6.11. The van der Waals surface area contributed by atoms with E-state index < -0.39 is 6.04 Å². The van der Waals surface area contributed by atoms with Gasteiger partial charge < -0.3 is 15.5 Å². The van der Waals surface area contributed by atoms with Crippen molar-refractivity contribution in [3.05, 3.63) is 42.4 Å². The molecule has 1 aliphatic carbocycles. The molecule has 2 N–H and O–H groups in total. The monoisotopic (exact) mass is 394 g/mol. The molecule has 9 nitrogen and oxygen atoms in total. The molecule has 0 bridgehead atoms. The first-order valence-electron chi connectivity index (χ1n) is 9.94. The van der Waals surface area contributed by atoms with E-state index in [0.29, 0.717) is 30.8 Å². The van der Waals surface area contributed by atoms with Gasteiger partial charge in [-0.1, -0.05) is 0 Å². The number of nitrogens with zero attached hydrogens (tertiary/aromatic N) is 4. The van der Waals surface area contributed by atoms with Crippen LogP contribution in [-0.2, 0) is 9.59 Å². The quantitative estimate of drug-likeness (QED) is 0.781. The van der Waals surface area contributed by atoms with Crippen LogP contribution in [0.1, 0.15) is 42.5 Å². The van der Waals surface area contributed by atoms with Crippen molar-refractivity contribution in [2.45, 2.75) is 49.7 Å². The van der Waals surface area contributed by atoms with Gasteiger partial charge in [0.15, 0.2) is 5.82 Å². The highest BCUT2D eigenvalue weighted by atomic mass is 16.2. The van der Waals surface area contributed by atoms with E-state index in [2.05, 4.69) is 20.7 Å². The van der Waals surface area contributed by atoms with Gasteiger partial charge >= 0.3 is 0 Å². The molecule has 9 heteroatoms. The summed E-state index contributed by atoms with van der Waals surface area (Å²) in [6.45, 7) is 0.669. The van der Waals surface area contributed by atoms with Crippen molar-refractivity contribution >= 4 is 17.7 Å². The van der Waals surface area contributed by atoms with Crippen LogP contribution in [0.4, 0.5) is 0 Å². The second kappa shape index (κ2) is 6.68. The van der Waals surface area contributed by atoms with E-state index in [0.717, 1.165) is 19.3 Å². The smallest absolute Gasteiger partial charge is 0.255 e. The predicted molar refractivity (Wildman–Crippen MR) is 102 cm³/mol. The number of likely N-dealkylation sites (tertiary alicyclic amines) is 1. The van der Waals surface area contributed by atoms with Crippen LogP contribution >= 0.6 is 0 Å². The Kier molecular flexibility index (Phi) is 4.11. The zero-order valence-electron chi connectivity index (χ0n) is 15.9. The van der Waals surface area contributed by atoms with Crippen LogP contribution in [0.25, 0.3) is 5.82 Å². The molecule has 29 heavy (non-hydrogen) atoms. The van der Waals surface area contributed by atoms with Crippen LogP contribution in [0.2, 0.25) is 0 Å². The number of piperidine rings is 1. The van der Waals surface area contributed by atoms with Crippen LogP contribution in [-0.4, -0.2) is 61.6 Å². The van der Waals surface area contributed by atoms with Gasteiger partial charge in [-0.3, -0.25) is 14.4 Å². The third kappa shape index (κ3) is 3.16. The highest BCUT2D eigenvalue weighted by molar-refractivity contribution is 5.95. The van der Waals surface area contributed by atoms with Crippen molar-refractivity contribution in [2.24, 2.45) is 0 Å². The summed E-state index contributed by atoms with van der Waals surface area (Å²) in [5.41, 5.74) is 0.166. The van der Waals surface area contributed by atoms with Crippen LogP contribution < -0.4 is 10.6 Å². The molecule has 2 aromatic heterocycles. The van der Waals surface area contributed by atoms with Crippen LogP contribution in [0.5, 0.6) is 0 Å². The summed E-state index contributed by atoms with van der Waals surface area (Å²) in [6.07, 6.45) is 8.40. The number of hydrogen-bond donors (Lipinski definition) is 2. The van der Waals surface area contributed by atoms with Crippen molar-refractivity contribution < 1.29 is 14.4 Å². The molecule has 0 spiro atoms. The number of carbonyl (C=O) groups excluding carboxylic acids is 3. The fourth-order valence-electron chi connectivity index (χ4n) is 4.49. The largest absolute Gasteiger partial charge is 0.347 e. The summed E-state index contributed by atoms with van der Waals surface area (Å²) >= 11 is 0. The first kappa shape index (κ1) is 17.8. The van der Waals surface area contributed by atoms with Crippen LogP contribution in [0.3, 0.4) is 0 Å². The van der Waals surface area contributed by atoms with Gasteiger partial charge in [0.25, 0.3) is 5.91 Å². The Labute approximate surface area is 167 Å². The maximum atomic E-state index is 13.1. The first-order chi connectivity index (χ1) is 14.1. The van der Waals surface area contributed by atoms with Crippen molar-refractivity contribution in [3.63, 3.8) is 0 Å². The Bertz CT molecular complexity index is 957. The Morgan fingerprint density at radius 2 is 2.21 bits per heavy atom. The van der Waals surface area contributed by atoms with E-state index in [9.17, 15) is 14.4 Å². The number of aromatic nitrogens is 3. The Morgan fingerprint density at radius 3 is 2.90 bits per heavy atom. The summed E-state index contributed by atoms with van der Waals surface area (Å²) in [5, 5.41) is 9.97. The minimum absolute atomic E-state index is 0.00408. The zero-order chi connectivity index (χ0) is 20.0. The normalized spacial score (nSPS) is 27.9. The number of hydrogen-bond acceptors (Lipinski definition) is 5. The Morgan fingerprint density at radius 1 is 1.31 bits per heavy atom. The van der Waals surface area contributed by atoms with E-state index in [1.807, 2.05) is 11.0 Å². The zero-order valence-corrected chi connectivity index (χ0v) is 15.9. The van der Waals surface area contributed by atoms with E-state index in [-0.39, 0.29) is 29.3 Å². The van der Waals surface area contributed by atoms with Crippen molar-refractivity contribution in [1.82, 2.24) is 30.3 Å². The lowest BCUT2D eigenvalue weighted by Gasteiger charge is -2.33. The molecule has 150 valence electrons. The van der Waals surface area contributed by atoms with E-state index >= 15 is 0 Å².